The first-order chi connectivity index (χ1) is 8.28. The highest BCUT2D eigenvalue weighted by Crippen LogP contribution is 2.14. The van der Waals surface area contributed by atoms with Gasteiger partial charge >= 0.3 is 0 Å². The lowest BCUT2D eigenvalue weighted by atomic mass is 9.99. The Morgan fingerprint density at radius 2 is 2.06 bits per heavy atom. The van der Waals surface area contributed by atoms with E-state index in [1.165, 1.54) is 19.3 Å². The monoisotopic (exact) mass is 226 g/mol. The lowest BCUT2D eigenvalue weighted by Crippen LogP contribution is -2.39. The summed E-state index contributed by atoms with van der Waals surface area (Å²) in [4.78, 5) is 0. The van der Waals surface area contributed by atoms with Gasteiger partial charge in [0.25, 0.3) is 0 Å². The fourth-order valence-electron chi connectivity index (χ4n) is 2.22. The number of rotatable bonds is 2. The van der Waals surface area contributed by atoms with Crippen LogP contribution < -0.4 is 5.32 Å². The Morgan fingerprint density at radius 1 is 1.29 bits per heavy atom. The van der Waals surface area contributed by atoms with E-state index in [-0.39, 0.29) is 0 Å². The molecule has 2 nitrogen and oxygen atoms in total. The lowest BCUT2D eigenvalue weighted by molar-refractivity contribution is 0.375. The van der Waals surface area contributed by atoms with Crippen molar-refractivity contribution in [1.82, 2.24) is 5.32 Å². The van der Waals surface area contributed by atoms with Crippen LogP contribution in [0.2, 0.25) is 0 Å². The van der Waals surface area contributed by atoms with Crippen molar-refractivity contribution in [1.29, 1.82) is 5.26 Å². The summed E-state index contributed by atoms with van der Waals surface area (Å²) in [6.07, 6.45) is 8.17. The smallest absolute Gasteiger partial charge is 0.0991 e. The van der Waals surface area contributed by atoms with Crippen LogP contribution >= 0.6 is 0 Å². The zero-order chi connectivity index (χ0) is 12.1. The Morgan fingerprint density at radius 3 is 2.71 bits per heavy atom. The highest BCUT2D eigenvalue weighted by atomic mass is 14.9. The molecule has 2 unspecified atom stereocenters. The fourth-order valence-corrected chi connectivity index (χ4v) is 2.22. The van der Waals surface area contributed by atoms with E-state index in [4.69, 9.17) is 5.26 Å². The van der Waals surface area contributed by atoms with E-state index >= 15 is 0 Å². The van der Waals surface area contributed by atoms with Gasteiger partial charge < -0.3 is 5.32 Å². The summed E-state index contributed by atoms with van der Waals surface area (Å²) >= 11 is 0. The number of hydrogen-bond donors (Lipinski definition) is 1. The average Bonchev–Trinajstić information content (AvgIpc) is 2.37. The van der Waals surface area contributed by atoms with Crippen molar-refractivity contribution in [3.05, 3.63) is 41.5 Å². The van der Waals surface area contributed by atoms with E-state index in [1.807, 2.05) is 24.3 Å². The summed E-state index contributed by atoms with van der Waals surface area (Å²) in [6.45, 7) is 2.24. The average molecular weight is 226 g/mol. The topological polar surface area (TPSA) is 35.8 Å². The second kappa shape index (κ2) is 5.65. The van der Waals surface area contributed by atoms with Crippen molar-refractivity contribution < 1.29 is 0 Å². The van der Waals surface area contributed by atoms with Gasteiger partial charge in [-0.15, -0.1) is 0 Å². The predicted molar refractivity (Wildman–Crippen MR) is 70.4 cm³/mol. The van der Waals surface area contributed by atoms with Crippen LogP contribution in [0.5, 0.6) is 0 Å². The molecule has 17 heavy (non-hydrogen) atoms. The predicted octanol–water partition coefficient (Wildman–Crippen LogP) is 3.10. The van der Waals surface area contributed by atoms with Crippen molar-refractivity contribution in [3.63, 3.8) is 0 Å². The normalized spacial score (nSPS) is 24.7. The van der Waals surface area contributed by atoms with Crippen LogP contribution in [0.4, 0.5) is 0 Å². The van der Waals surface area contributed by atoms with Crippen molar-refractivity contribution >= 4 is 6.08 Å². The molecule has 1 saturated heterocycles. The Balaban J connectivity index is 1.97. The van der Waals surface area contributed by atoms with Crippen molar-refractivity contribution in [3.8, 4) is 6.07 Å². The molecule has 1 aromatic rings. The minimum absolute atomic E-state index is 0.495. The van der Waals surface area contributed by atoms with Crippen LogP contribution in [0.15, 0.2) is 30.3 Å². The molecule has 88 valence electrons. The largest absolute Gasteiger partial charge is 0.308 e. The zero-order valence-corrected chi connectivity index (χ0v) is 10.2. The summed E-state index contributed by atoms with van der Waals surface area (Å²) in [5.74, 6) is 0. The lowest BCUT2D eigenvalue weighted by Gasteiger charge is -2.26. The highest BCUT2D eigenvalue weighted by Gasteiger charge is 2.14. The van der Waals surface area contributed by atoms with Crippen LogP contribution in [0.3, 0.4) is 0 Å². The molecular formula is C15H18N2. The molecule has 1 fully saturated rings. The Labute approximate surface area is 103 Å². The van der Waals surface area contributed by atoms with Gasteiger partial charge in [-0.2, -0.15) is 5.26 Å². The van der Waals surface area contributed by atoms with Gasteiger partial charge in [0.15, 0.2) is 0 Å². The van der Waals surface area contributed by atoms with Gasteiger partial charge in [-0.05, 0) is 37.5 Å². The van der Waals surface area contributed by atoms with E-state index < -0.39 is 0 Å². The molecular weight excluding hydrogens is 208 g/mol. The van der Waals surface area contributed by atoms with Gasteiger partial charge in [-0.1, -0.05) is 30.7 Å². The number of nitrogens with one attached hydrogen (secondary N) is 1. The van der Waals surface area contributed by atoms with Gasteiger partial charge in [0.2, 0.25) is 0 Å². The molecule has 1 aliphatic heterocycles. The maximum atomic E-state index is 8.71. The van der Waals surface area contributed by atoms with E-state index in [9.17, 15) is 0 Å². The van der Waals surface area contributed by atoms with Crippen LogP contribution in [-0.4, -0.2) is 12.1 Å². The third kappa shape index (κ3) is 3.44. The van der Waals surface area contributed by atoms with Gasteiger partial charge in [0.1, 0.15) is 0 Å². The molecule has 0 saturated carbocycles. The summed E-state index contributed by atoms with van der Waals surface area (Å²) in [6, 6.07) is 10.9. The van der Waals surface area contributed by atoms with Crippen LogP contribution in [0.25, 0.3) is 6.08 Å². The first-order valence-electron chi connectivity index (χ1n) is 6.22. The maximum absolute atomic E-state index is 8.71. The minimum Gasteiger partial charge on any atom is -0.308 e. The molecule has 2 atom stereocenters. The van der Waals surface area contributed by atoms with E-state index in [0.29, 0.717) is 17.6 Å². The van der Waals surface area contributed by atoms with E-state index in [1.54, 1.807) is 0 Å². The molecule has 0 aromatic heterocycles. The van der Waals surface area contributed by atoms with Crippen molar-refractivity contribution in [2.24, 2.45) is 0 Å². The quantitative estimate of drug-likeness (QED) is 0.841. The Kier molecular flexibility index (Phi) is 3.95. The fraction of sp³-hybridized carbons (Fsp3) is 0.400. The summed E-state index contributed by atoms with van der Waals surface area (Å²) in [5.41, 5.74) is 1.87. The summed E-state index contributed by atoms with van der Waals surface area (Å²) in [7, 11) is 0. The number of hydrogen-bond acceptors (Lipinski definition) is 2. The summed E-state index contributed by atoms with van der Waals surface area (Å²) < 4.78 is 0. The standard InChI is InChI=1S/C15H18N2/c1-12-3-2-4-15(17-12)10-9-13-5-7-14(11-16)8-6-13/h5-10,12,15,17H,2-4H2,1H3/b10-9+. The minimum atomic E-state index is 0.495. The van der Waals surface area contributed by atoms with Crippen LogP contribution in [-0.2, 0) is 0 Å². The molecule has 1 aromatic carbocycles. The highest BCUT2D eigenvalue weighted by molar-refractivity contribution is 5.51. The van der Waals surface area contributed by atoms with Crippen molar-refractivity contribution in [2.75, 3.05) is 0 Å². The third-order valence-electron chi connectivity index (χ3n) is 3.21. The van der Waals surface area contributed by atoms with E-state index in [0.717, 1.165) is 5.56 Å². The molecule has 0 amide bonds. The van der Waals surface area contributed by atoms with Gasteiger partial charge in [0.05, 0.1) is 11.6 Å². The summed E-state index contributed by atoms with van der Waals surface area (Å²) in [5, 5.41) is 12.3. The molecule has 2 rings (SSSR count). The van der Waals surface area contributed by atoms with Crippen LogP contribution in [0.1, 0.15) is 37.3 Å². The molecule has 1 aliphatic rings. The molecule has 0 spiro atoms. The first kappa shape index (κ1) is 11.9. The zero-order valence-electron chi connectivity index (χ0n) is 10.2. The van der Waals surface area contributed by atoms with Crippen molar-refractivity contribution in [2.45, 2.75) is 38.3 Å². The van der Waals surface area contributed by atoms with Gasteiger partial charge in [0, 0.05) is 12.1 Å². The second-order valence-corrected chi connectivity index (χ2v) is 4.70. The van der Waals surface area contributed by atoms with Crippen LogP contribution in [0, 0.1) is 11.3 Å². The number of piperidine rings is 1. The number of benzene rings is 1. The number of nitriles is 1. The van der Waals surface area contributed by atoms with E-state index in [2.05, 4.69) is 30.5 Å². The van der Waals surface area contributed by atoms with Gasteiger partial charge in [-0.25, -0.2) is 0 Å². The maximum Gasteiger partial charge on any atom is 0.0991 e. The third-order valence-corrected chi connectivity index (χ3v) is 3.21. The van der Waals surface area contributed by atoms with Gasteiger partial charge in [-0.3, -0.25) is 0 Å². The number of nitrogens with zero attached hydrogens (tertiary/aromatic N) is 1. The molecule has 2 heteroatoms. The second-order valence-electron chi connectivity index (χ2n) is 4.70. The molecule has 1 N–H and O–H groups in total. The Bertz CT molecular complexity index is 425. The molecule has 0 radical (unpaired) electrons. The Hall–Kier alpha value is -1.59. The SMILES string of the molecule is CC1CCCC(/C=C/c2ccc(C#N)cc2)N1. The first-order valence-corrected chi connectivity index (χ1v) is 6.22. The molecule has 0 bridgehead atoms. The molecule has 0 aliphatic carbocycles. The molecule has 1 heterocycles.